The van der Waals surface area contributed by atoms with Crippen LogP contribution in [0.5, 0.6) is 5.75 Å². The Morgan fingerprint density at radius 2 is 1.68 bits per heavy atom. The van der Waals surface area contributed by atoms with Gasteiger partial charge in [-0.2, -0.15) is 13.2 Å². The lowest BCUT2D eigenvalue weighted by Gasteiger charge is -2.23. The molecule has 0 bridgehead atoms. The van der Waals surface area contributed by atoms with Gasteiger partial charge in [-0.1, -0.05) is 0 Å². The number of benzene rings is 2. The van der Waals surface area contributed by atoms with Crippen LogP contribution in [-0.2, 0) is 11.0 Å². The van der Waals surface area contributed by atoms with E-state index in [2.05, 4.69) is 16.0 Å². The molecular weight excluding hydrogens is 447 g/mol. The average Bonchev–Trinajstić information content (AvgIpc) is 2.80. The first-order valence-corrected chi connectivity index (χ1v) is 10.4. The number of nitrogens with zero attached hydrogens (tertiary/aromatic N) is 1. The number of hydrogen-bond acceptors (Lipinski definition) is 7. The minimum Gasteiger partial charge on any atom is -0.458 e. The number of nitrogens with one attached hydrogen (secondary N) is 3. The third-order valence-electron chi connectivity index (χ3n) is 4.49. The van der Waals surface area contributed by atoms with Crippen molar-refractivity contribution in [2.75, 3.05) is 43.8 Å². The van der Waals surface area contributed by atoms with Crippen LogP contribution >= 0.6 is 0 Å². The van der Waals surface area contributed by atoms with E-state index in [9.17, 15) is 13.2 Å². The Morgan fingerprint density at radius 1 is 1.09 bits per heavy atom. The molecule has 0 heterocycles. The zero-order valence-electron chi connectivity index (χ0n) is 20.0. The number of allylic oxidation sites excluding steroid dienone is 2. The van der Waals surface area contributed by atoms with Crippen molar-refractivity contribution >= 4 is 23.3 Å². The number of carbonyl (C=O) groups is 1. The predicted octanol–water partition coefficient (Wildman–Crippen LogP) is 4.56. The molecular formula is C24H32F3N5O2. The molecule has 0 atom stereocenters. The van der Waals surface area contributed by atoms with Gasteiger partial charge in [-0.25, -0.2) is 0 Å². The quantitative estimate of drug-likeness (QED) is 0.138. The normalized spacial score (nSPS) is 10.9. The first-order chi connectivity index (χ1) is 16.1. The summed E-state index contributed by atoms with van der Waals surface area (Å²) in [5, 5.41) is 9.10. The predicted molar refractivity (Wildman–Crippen MR) is 132 cm³/mol. The molecule has 10 heteroatoms. The molecule has 0 amide bonds. The highest BCUT2D eigenvalue weighted by atomic mass is 19.4. The smallest absolute Gasteiger partial charge is 0.416 e. The standard InChI is InChI=1S/C22H28F3N5O.C2H4O/c1-5-17(13-21(27-2)28-3)31-18-10-11-20(19(26)12-18)30(4)14-29-16-8-6-15(7-9-16)22(23,24)25;1-2-3/h5-13,27-29H,14,26H2,1-4H3;2H,1H3/b17-5+;. The van der Waals surface area contributed by atoms with Gasteiger partial charge in [0, 0.05) is 39.0 Å². The Balaban J connectivity index is 0.00000182. The summed E-state index contributed by atoms with van der Waals surface area (Å²) in [6.45, 7) is 3.67. The molecule has 0 aliphatic carbocycles. The fourth-order valence-corrected chi connectivity index (χ4v) is 2.74. The van der Waals surface area contributed by atoms with Crippen molar-refractivity contribution in [1.82, 2.24) is 10.6 Å². The number of nitrogens with two attached hydrogens (primary N) is 1. The van der Waals surface area contributed by atoms with E-state index in [1.165, 1.54) is 19.1 Å². The molecule has 0 aliphatic heterocycles. The van der Waals surface area contributed by atoms with Gasteiger partial charge in [-0.05, 0) is 56.3 Å². The highest BCUT2D eigenvalue weighted by Crippen LogP contribution is 2.30. The molecule has 2 rings (SSSR count). The summed E-state index contributed by atoms with van der Waals surface area (Å²) >= 11 is 0. The Morgan fingerprint density at radius 3 is 2.15 bits per heavy atom. The number of nitrogen functional groups attached to an aromatic ring is 1. The fourth-order valence-electron chi connectivity index (χ4n) is 2.74. The average molecular weight is 480 g/mol. The number of aldehydes is 1. The van der Waals surface area contributed by atoms with Gasteiger partial charge in [0.2, 0.25) is 0 Å². The second-order valence-electron chi connectivity index (χ2n) is 6.92. The van der Waals surface area contributed by atoms with E-state index in [1.54, 1.807) is 26.2 Å². The molecule has 0 saturated carbocycles. The summed E-state index contributed by atoms with van der Waals surface area (Å²) in [7, 11) is 5.43. The minimum absolute atomic E-state index is 0.353. The van der Waals surface area contributed by atoms with Gasteiger partial charge >= 0.3 is 6.18 Å². The van der Waals surface area contributed by atoms with E-state index < -0.39 is 11.7 Å². The van der Waals surface area contributed by atoms with Crippen molar-refractivity contribution in [3.8, 4) is 5.75 Å². The molecule has 7 nitrogen and oxygen atoms in total. The topological polar surface area (TPSA) is 91.7 Å². The molecule has 0 unspecified atom stereocenters. The van der Waals surface area contributed by atoms with Gasteiger partial charge < -0.3 is 36.1 Å². The first kappa shape index (κ1) is 28.2. The largest absolute Gasteiger partial charge is 0.458 e. The van der Waals surface area contributed by atoms with Gasteiger partial charge in [0.1, 0.15) is 23.6 Å². The lowest BCUT2D eigenvalue weighted by atomic mass is 10.2. The number of carbonyl (C=O) groups excluding carboxylic acids is 1. The number of hydrogen-bond donors (Lipinski definition) is 4. The van der Waals surface area contributed by atoms with Crippen molar-refractivity contribution in [2.24, 2.45) is 0 Å². The summed E-state index contributed by atoms with van der Waals surface area (Å²) in [5.41, 5.74) is 7.36. The van der Waals surface area contributed by atoms with E-state index in [-0.39, 0.29) is 0 Å². The Kier molecular flexibility index (Phi) is 11.3. The third kappa shape index (κ3) is 8.97. The molecule has 2 aromatic rings. The van der Waals surface area contributed by atoms with Gasteiger partial charge in [0.05, 0.1) is 23.6 Å². The first-order valence-electron chi connectivity index (χ1n) is 10.4. The summed E-state index contributed by atoms with van der Waals surface area (Å²) in [5.74, 6) is 2.02. The molecule has 0 aromatic heterocycles. The van der Waals surface area contributed by atoms with E-state index in [0.717, 1.165) is 29.9 Å². The van der Waals surface area contributed by atoms with Crippen molar-refractivity contribution in [3.05, 3.63) is 71.8 Å². The summed E-state index contributed by atoms with van der Waals surface area (Å²) in [6.07, 6.45) is 0.0565. The van der Waals surface area contributed by atoms with Crippen LogP contribution in [0.2, 0.25) is 0 Å². The van der Waals surface area contributed by atoms with Crippen LogP contribution in [0.3, 0.4) is 0 Å². The van der Waals surface area contributed by atoms with Crippen molar-refractivity contribution in [3.63, 3.8) is 0 Å². The number of alkyl halides is 3. The SMILES string of the molecule is C/C=C(\C=C(NC)NC)Oc1ccc(N(C)CNc2ccc(C(F)(F)F)cc2)c(N)c1.CC=O. The Bertz CT molecular complexity index is 968. The van der Waals surface area contributed by atoms with Crippen LogP contribution in [0.15, 0.2) is 66.2 Å². The number of anilines is 3. The molecule has 0 saturated heterocycles. The van der Waals surface area contributed by atoms with Crippen molar-refractivity contribution < 1.29 is 22.7 Å². The second kappa shape index (κ2) is 13.7. The maximum absolute atomic E-state index is 12.7. The number of halogens is 3. The van der Waals surface area contributed by atoms with E-state index in [1.807, 2.05) is 37.1 Å². The van der Waals surface area contributed by atoms with Crippen LogP contribution in [0.1, 0.15) is 19.4 Å². The lowest BCUT2D eigenvalue weighted by Crippen LogP contribution is -2.25. The van der Waals surface area contributed by atoms with Crippen LogP contribution in [0.25, 0.3) is 0 Å². The molecule has 0 fully saturated rings. The molecule has 0 radical (unpaired) electrons. The highest BCUT2D eigenvalue weighted by molar-refractivity contribution is 5.69. The lowest BCUT2D eigenvalue weighted by molar-refractivity contribution is -0.137. The Hall–Kier alpha value is -3.82. The number of ether oxygens (including phenoxy) is 1. The fraction of sp³-hybridized carbons (Fsp3) is 0.292. The monoisotopic (exact) mass is 479 g/mol. The van der Waals surface area contributed by atoms with Gasteiger partial charge in [0.15, 0.2) is 0 Å². The molecule has 34 heavy (non-hydrogen) atoms. The summed E-state index contributed by atoms with van der Waals surface area (Å²) in [4.78, 5) is 10.7. The minimum atomic E-state index is -4.35. The zero-order valence-corrected chi connectivity index (χ0v) is 20.0. The van der Waals surface area contributed by atoms with E-state index in [0.29, 0.717) is 29.6 Å². The maximum atomic E-state index is 12.7. The van der Waals surface area contributed by atoms with Crippen LogP contribution in [0.4, 0.5) is 30.2 Å². The summed E-state index contributed by atoms with van der Waals surface area (Å²) in [6, 6.07) is 10.2. The number of rotatable bonds is 9. The van der Waals surface area contributed by atoms with Gasteiger partial charge in [0.25, 0.3) is 0 Å². The molecule has 0 spiro atoms. The van der Waals surface area contributed by atoms with E-state index in [4.69, 9.17) is 15.3 Å². The Labute approximate surface area is 198 Å². The van der Waals surface area contributed by atoms with Crippen LogP contribution in [-0.4, -0.2) is 34.1 Å². The van der Waals surface area contributed by atoms with Crippen LogP contribution in [0, 0.1) is 0 Å². The van der Waals surface area contributed by atoms with Crippen LogP contribution < -0.4 is 31.3 Å². The molecule has 5 N–H and O–H groups in total. The maximum Gasteiger partial charge on any atom is 0.416 e. The second-order valence-corrected chi connectivity index (χ2v) is 6.92. The van der Waals surface area contributed by atoms with Gasteiger partial charge in [-0.15, -0.1) is 0 Å². The van der Waals surface area contributed by atoms with Gasteiger partial charge in [-0.3, -0.25) is 0 Å². The molecule has 186 valence electrons. The third-order valence-corrected chi connectivity index (χ3v) is 4.49. The highest BCUT2D eigenvalue weighted by Gasteiger charge is 2.29. The molecule has 2 aromatic carbocycles. The summed E-state index contributed by atoms with van der Waals surface area (Å²) < 4.78 is 43.9. The van der Waals surface area contributed by atoms with Crippen molar-refractivity contribution in [2.45, 2.75) is 20.0 Å². The van der Waals surface area contributed by atoms with Crippen molar-refractivity contribution in [1.29, 1.82) is 0 Å². The molecule has 0 aliphatic rings. The zero-order chi connectivity index (χ0) is 25.7. The van der Waals surface area contributed by atoms with E-state index >= 15 is 0 Å².